The number of amides is 3. The van der Waals surface area contributed by atoms with Crippen LogP contribution in [-0.4, -0.2) is 18.0 Å². The fraction of sp³-hybridized carbons (Fsp3) is 0.200. The third-order valence-electron chi connectivity index (χ3n) is 2.24. The van der Waals surface area contributed by atoms with Crippen molar-refractivity contribution in [2.75, 3.05) is 4.90 Å². The van der Waals surface area contributed by atoms with E-state index in [2.05, 4.69) is 5.32 Å². The lowest BCUT2D eigenvalue weighted by molar-refractivity contribution is -0.117. The maximum absolute atomic E-state index is 11.7. The molecule has 1 N–H and O–H groups in total. The fourth-order valence-electron chi connectivity index (χ4n) is 1.52. The van der Waals surface area contributed by atoms with Crippen molar-refractivity contribution in [1.82, 2.24) is 5.32 Å². The summed E-state index contributed by atoms with van der Waals surface area (Å²) in [6.45, 7) is 1.62. The van der Waals surface area contributed by atoms with Gasteiger partial charge < -0.3 is 5.32 Å². The van der Waals surface area contributed by atoms with Gasteiger partial charge in [-0.05, 0) is 25.1 Å². The highest BCUT2D eigenvalue weighted by Gasteiger charge is 2.36. The van der Waals surface area contributed by atoms with Gasteiger partial charge in [0, 0.05) is 10.0 Å². The van der Waals surface area contributed by atoms with Gasteiger partial charge in [0.25, 0.3) is 5.91 Å². The van der Waals surface area contributed by atoms with Gasteiger partial charge in [-0.15, -0.1) is 0 Å². The van der Waals surface area contributed by atoms with Crippen LogP contribution in [-0.2, 0) is 4.79 Å². The van der Waals surface area contributed by atoms with Gasteiger partial charge in [0.05, 0.1) is 5.69 Å². The number of hydrogen-bond donors (Lipinski definition) is 1. The highest BCUT2D eigenvalue weighted by atomic mass is 35.5. The topological polar surface area (TPSA) is 49.4 Å². The second kappa shape index (κ2) is 3.96. The molecule has 1 unspecified atom stereocenters. The van der Waals surface area contributed by atoms with Crippen molar-refractivity contribution in [3.8, 4) is 0 Å². The maximum Gasteiger partial charge on any atom is 0.329 e. The van der Waals surface area contributed by atoms with Gasteiger partial charge in [-0.2, -0.15) is 0 Å². The van der Waals surface area contributed by atoms with E-state index >= 15 is 0 Å². The summed E-state index contributed by atoms with van der Waals surface area (Å²) < 4.78 is 0. The Labute approximate surface area is 102 Å². The minimum Gasteiger partial charge on any atom is -0.326 e. The molecule has 16 heavy (non-hydrogen) atoms. The zero-order valence-corrected chi connectivity index (χ0v) is 9.84. The van der Waals surface area contributed by atoms with E-state index in [4.69, 9.17) is 23.2 Å². The molecule has 0 spiro atoms. The average molecular weight is 259 g/mol. The molecule has 0 aliphatic carbocycles. The molecule has 1 aliphatic rings. The van der Waals surface area contributed by atoms with Crippen molar-refractivity contribution in [3.05, 3.63) is 28.2 Å². The van der Waals surface area contributed by atoms with Crippen LogP contribution in [0.1, 0.15) is 6.92 Å². The Morgan fingerprint density at radius 1 is 1.19 bits per heavy atom. The number of hydrogen-bond acceptors (Lipinski definition) is 2. The molecule has 0 radical (unpaired) electrons. The van der Waals surface area contributed by atoms with E-state index in [-0.39, 0.29) is 5.91 Å². The van der Waals surface area contributed by atoms with Crippen LogP contribution in [0.15, 0.2) is 18.2 Å². The highest BCUT2D eigenvalue weighted by molar-refractivity contribution is 6.35. The van der Waals surface area contributed by atoms with Crippen LogP contribution in [0, 0.1) is 0 Å². The lowest BCUT2D eigenvalue weighted by atomic mass is 10.2. The van der Waals surface area contributed by atoms with Crippen LogP contribution < -0.4 is 10.2 Å². The Morgan fingerprint density at radius 3 is 2.19 bits per heavy atom. The van der Waals surface area contributed by atoms with E-state index in [9.17, 15) is 9.59 Å². The molecule has 4 nitrogen and oxygen atoms in total. The monoisotopic (exact) mass is 258 g/mol. The first kappa shape index (κ1) is 11.2. The van der Waals surface area contributed by atoms with Gasteiger partial charge in [0.15, 0.2) is 0 Å². The number of carbonyl (C=O) groups excluding carboxylic acids is 2. The molecule has 2 rings (SSSR count). The number of halogens is 2. The smallest absolute Gasteiger partial charge is 0.326 e. The normalized spacial score (nSPS) is 20.2. The standard InChI is InChI=1S/C10H8Cl2N2O2/c1-5-9(15)14(10(16)13-5)8-3-6(11)2-7(12)4-8/h2-5H,1H3,(H,13,16). The first-order valence-corrected chi connectivity index (χ1v) is 5.35. The predicted octanol–water partition coefficient (Wildman–Crippen LogP) is 2.44. The van der Waals surface area contributed by atoms with Gasteiger partial charge >= 0.3 is 6.03 Å². The largest absolute Gasteiger partial charge is 0.329 e. The van der Waals surface area contributed by atoms with Crippen molar-refractivity contribution in [3.63, 3.8) is 0 Å². The van der Waals surface area contributed by atoms with Gasteiger partial charge in [0.1, 0.15) is 6.04 Å². The minimum atomic E-state index is -0.523. The van der Waals surface area contributed by atoms with Crippen LogP contribution >= 0.6 is 23.2 Å². The Kier molecular flexibility index (Phi) is 2.78. The molecular weight excluding hydrogens is 251 g/mol. The zero-order valence-electron chi connectivity index (χ0n) is 8.33. The second-order valence-electron chi connectivity index (χ2n) is 3.47. The first-order valence-electron chi connectivity index (χ1n) is 4.59. The number of nitrogens with one attached hydrogen (secondary N) is 1. The SMILES string of the molecule is CC1NC(=O)N(c2cc(Cl)cc(Cl)c2)C1=O. The first-order chi connectivity index (χ1) is 7.49. The second-order valence-corrected chi connectivity index (χ2v) is 4.35. The third kappa shape index (κ3) is 1.86. The van der Waals surface area contributed by atoms with Crippen LogP contribution in [0.5, 0.6) is 0 Å². The van der Waals surface area contributed by atoms with Gasteiger partial charge in [-0.25, -0.2) is 9.69 Å². The number of benzene rings is 1. The zero-order chi connectivity index (χ0) is 11.9. The summed E-state index contributed by atoms with van der Waals surface area (Å²) in [5, 5.41) is 3.26. The van der Waals surface area contributed by atoms with Crippen LogP contribution in [0.3, 0.4) is 0 Å². The van der Waals surface area contributed by atoms with Crippen LogP contribution in [0.2, 0.25) is 10.0 Å². The van der Waals surface area contributed by atoms with Gasteiger partial charge in [-0.3, -0.25) is 4.79 Å². The van der Waals surface area contributed by atoms with Crippen LogP contribution in [0.25, 0.3) is 0 Å². The molecule has 84 valence electrons. The summed E-state index contributed by atoms with van der Waals surface area (Å²) in [5.41, 5.74) is 0.379. The summed E-state index contributed by atoms with van der Waals surface area (Å²) in [5.74, 6) is -0.316. The molecule has 1 atom stereocenters. The van der Waals surface area contributed by atoms with E-state index in [0.717, 1.165) is 4.90 Å². The minimum absolute atomic E-state index is 0.316. The molecule has 1 fully saturated rings. The van der Waals surface area contributed by atoms with E-state index in [0.29, 0.717) is 15.7 Å². The molecule has 1 saturated heterocycles. The number of imide groups is 1. The molecule has 1 aromatic carbocycles. The van der Waals surface area contributed by atoms with Crippen molar-refractivity contribution >= 4 is 40.8 Å². The lowest BCUT2D eigenvalue weighted by Gasteiger charge is -2.13. The Morgan fingerprint density at radius 2 is 1.75 bits per heavy atom. The molecule has 0 saturated carbocycles. The van der Waals surface area contributed by atoms with Crippen molar-refractivity contribution in [2.24, 2.45) is 0 Å². The highest BCUT2D eigenvalue weighted by Crippen LogP contribution is 2.27. The number of nitrogens with zero attached hydrogens (tertiary/aromatic N) is 1. The Bertz CT molecular complexity index is 456. The van der Waals surface area contributed by atoms with E-state index in [1.807, 2.05) is 0 Å². The maximum atomic E-state index is 11.7. The molecule has 1 aromatic rings. The summed E-state index contributed by atoms with van der Waals surface area (Å²) in [6, 6.07) is 3.58. The van der Waals surface area contributed by atoms with Gasteiger partial charge in [-0.1, -0.05) is 23.2 Å². The average Bonchev–Trinajstić information content (AvgIpc) is 2.39. The number of rotatable bonds is 1. The van der Waals surface area contributed by atoms with Crippen LogP contribution in [0.4, 0.5) is 10.5 Å². The summed E-state index contributed by atoms with van der Waals surface area (Å²) in [7, 11) is 0. The molecule has 1 aliphatic heterocycles. The van der Waals surface area contributed by atoms with E-state index in [1.54, 1.807) is 6.92 Å². The number of carbonyl (C=O) groups is 2. The van der Waals surface area contributed by atoms with Crippen molar-refractivity contribution < 1.29 is 9.59 Å². The molecule has 6 heteroatoms. The molecule has 3 amide bonds. The fourth-order valence-corrected chi connectivity index (χ4v) is 2.03. The van der Waals surface area contributed by atoms with Crippen molar-refractivity contribution in [2.45, 2.75) is 13.0 Å². The van der Waals surface area contributed by atoms with Crippen molar-refractivity contribution in [1.29, 1.82) is 0 Å². The third-order valence-corrected chi connectivity index (χ3v) is 2.68. The van der Waals surface area contributed by atoms with Gasteiger partial charge in [0.2, 0.25) is 0 Å². The lowest BCUT2D eigenvalue weighted by Crippen LogP contribution is -2.30. The van der Waals surface area contributed by atoms with E-state index in [1.165, 1.54) is 18.2 Å². The summed E-state index contributed by atoms with van der Waals surface area (Å²) in [4.78, 5) is 24.3. The predicted molar refractivity (Wildman–Crippen MR) is 61.9 cm³/mol. The Balaban J connectivity index is 2.44. The number of urea groups is 1. The summed E-state index contributed by atoms with van der Waals surface area (Å²) >= 11 is 11.6. The molecular formula is C10H8Cl2N2O2. The molecule has 1 heterocycles. The molecule has 0 aromatic heterocycles. The molecule has 0 bridgehead atoms. The summed E-state index contributed by atoms with van der Waals surface area (Å²) in [6.07, 6.45) is 0. The number of anilines is 1. The Hall–Kier alpha value is -1.26. The quantitative estimate of drug-likeness (QED) is 0.787. The van der Waals surface area contributed by atoms with E-state index < -0.39 is 12.1 Å².